The number of nitrogen functional groups attached to an aromatic ring is 2. The molecule has 6 nitrogen and oxygen atoms in total. The van der Waals surface area contributed by atoms with Crippen LogP contribution in [0.2, 0.25) is 0 Å². The van der Waals surface area contributed by atoms with Crippen LogP contribution in [0, 0.1) is 0 Å². The number of benzene rings is 1. The third-order valence-corrected chi connectivity index (χ3v) is 3.39. The molecule has 0 fully saturated rings. The highest BCUT2D eigenvalue weighted by atomic mass is 32.2. The predicted octanol–water partition coefficient (Wildman–Crippen LogP) is 0.440. The van der Waals surface area contributed by atoms with Crippen LogP contribution in [-0.2, 0) is 9.84 Å². The van der Waals surface area contributed by atoms with Gasteiger partial charge in [-0.15, -0.1) is 0 Å². The van der Waals surface area contributed by atoms with Gasteiger partial charge in [-0.2, -0.15) is 5.10 Å². The van der Waals surface area contributed by atoms with E-state index in [-0.39, 0.29) is 4.90 Å². The maximum atomic E-state index is 11.3. The average molecular weight is 252 g/mol. The summed E-state index contributed by atoms with van der Waals surface area (Å²) in [5.74, 6) is 0. The zero-order valence-corrected chi connectivity index (χ0v) is 9.98. The van der Waals surface area contributed by atoms with Crippen LogP contribution in [-0.4, -0.2) is 24.5 Å². The molecule has 7 heteroatoms. The Bertz CT molecular complexity index is 661. The van der Waals surface area contributed by atoms with Crippen molar-refractivity contribution in [3.8, 4) is 5.69 Å². The molecule has 0 unspecified atom stereocenters. The van der Waals surface area contributed by atoms with E-state index < -0.39 is 9.84 Å². The molecule has 0 amide bonds. The lowest BCUT2D eigenvalue weighted by molar-refractivity contribution is 0.602. The maximum Gasteiger partial charge on any atom is 0.178 e. The Morgan fingerprint density at radius 2 is 1.94 bits per heavy atom. The van der Waals surface area contributed by atoms with Gasteiger partial charge in [0.15, 0.2) is 9.84 Å². The van der Waals surface area contributed by atoms with Crippen LogP contribution in [0.5, 0.6) is 0 Å². The van der Waals surface area contributed by atoms with Gasteiger partial charge >= 0.3 is 0 Å². The van der Waals surface area contributed by atoms with Crippen LogP contribution in [0.4, 0.5) is 11.4 Å². The molecule has 2 rings (SSSR count). The highest BCUT2D eigenvalue weighted by Gasteiger charge is 2.10. The van der Waals surface area contributed by atoms with E-state index in [1.165, 1.54) is 17.1 Å². The van der Waals surface area contributed by atoms with Crippen molar-refractivity contribution in [1.82, 2.24) is 9.78 Å². The molecule has 90 valence electrons. The number of hydrogen-bond donors (Lipinski definition) is 2. The van der Waals surface area contributed by atoms with Crippen molar-refractivity contribution in [3.63, 3.8) is 0 Å². The number of nitrogens with zero attached hydrogens (tertiary/aromatic N) is 2. The molecule has 0 aliphatic carbocycles. The highest BCUT2D eigenvalue weighted by Crippen LogP contribution is 2.19. The second kappa shape index (κ2) is 3.77. The molecular formula is C10H12N4O2S. The van der Waals surface area contributed by atoms with E-state index in [0.717, 1.165) is 6.26 Å². The third-order valence-electron chi connectivity index (χ3n) is 2.32. The predicted molar refractivity (Wildman–Crippen MR) is 65.5 cm³/mol. The topological polar surface area (TPSA) is 104 Å². The average Bonchev–Trinajstić information content (AvgIpc) is 2.70. The number of rotatable bonds is 2. The van der Waals surface area contributed by atoms with Gasteiger partial charge in [0.05, 0.1) is 23.3 Å². The molecule has 17 heavy (non-hydrogen) atoms. The van der Waals surface area contributed by atoms with Gasteiger partial charge in [-0.1, -0.05) is 0 Å². The zero-order valence-electron chi connectivity index (χ0n) is 9.16. The van der Waals surface area contributed by atoms with Crippen LogP contribution < -0.4 is 11.5 Å². The normalized spacial score (nSPS) is 11.6. The molecule has 2 aromatic rings. The van der Waals surface area contributed by atoms with E-state index in [4.69, 9.17) is 11.5 Å². The number of sulfone groups is 1. The first-order valence-electron chi connectivity index (χ1n) is 4.78. The molecule has 0 saturated carbocycles. The number of aromatic nitrogens is 2. The lowest BCUT2D eigenvalue weighted by atomic mass is 10.2. The molecule has 0 spiro atoms. The smallest absolute Gasteiger partial charge is 0.178 e. The van der Waals surface area contributed by atoms with E-state index >= 15 is 0 Å². The monoisotopic (exact) mass is 252 g/mol. The van der Waals surface area contributed by atoms with Crippen LogP contribution in [0.15, 0.2) is 35.5 Å². The standard InChI is InChI=1S/C10H12N4O2S/c1-17(15,16)8-5-13-14(6-8)7-2-3-9(11)10(12)4-7/h2-6H,11-12H2,1H3. The number of nitrogens with two attached hydrogens (primary N) is 2. The van der Waals surface area contributed by atoms with Crippen LogP contribution in [0.1, 0.15) is 0 Å². The summed E-state index contributed by atoms with van der Waals surface area (Å²) in [5, 5.41) is 3.96. The molecule has 0 bridgehead atoms. The lowest BCUT2D eigenvalue weighted by Gasteiger charge is -2.04. The molecule has 0 atom stereocenters. The highest BCUT2D eigenvalue weighted by molar-refractivity contribution is 7.90. The minimum atomic E-state index is -3.25. The van der Waals surface area contributed by atoms with E-state index in [1.807, 2.05) is 0 Å². The quantitative estimate of drug-likeness (QED) is 0.755. The fourth-order valence-electron chi connectivity index (χ4n) is 1.34. The van der Waals surface area contributed by atoms with Gasteiger partial charge in [0.25, 0.3) is 0 Å². The van der Waals surface area contributed by atoms with Crippen molar-refractivity contribution in [2.24, 2.45) is 0 Å². The SMILES string of the molecule is CS(=O)(=O)c1cnn(-c2ccc(N)c(N)c2)c1. The molecule has 0 radical (unpaired) electrons. The molecule has 1 heterocycles. The Balaban J connectivity index is 2.47. The maximum absolute atomic E-state index is 11.3. The Hall–Kier alpha value is -2.02. The van der Waals surface area contributed by atoms with E-state index in [2.05, 4.69) is 5.10 Å². The molecule has 4 N–H and O–H groups in total. The lowest BCUT2D eigenvalue weighted by Crippen LogP contribution is -1.99. The van der Waals surface area contributed by atoms with Crippen LogP contribution in [0.25, 0.3) is 5.69 Å². The van der Waals surface area contributed by atoms with E-state index in [0.29, 0.717) is 17.1 Å². The van der Waals surface area contributed by atoms with Gasteiger partial charge in [-0.05, 0) is 18.2 Å². The molecule has 0 aliphatic rings. The molecule has 1 aromatic heterocycles. The minimum absolute atomic E-state index is 0.160. The summed E-state index contributed by atoms with van der Waals surface area (Å²) < 4.78 is 24.0. The molecule has 0 saturated heterocycles. The summed E-state index contributed by atoms with van der Waals surface area (Å²) in [7, 11) is -3.25. The third kappa shape index (κ3) is 2.23. The summed E-state index contributed by atoms with van der Waals surface area (Å²) >= 11 is 0. The van der Waals surface area contributed by atoms with Crippen molar-refractivity contribution in [2.45, 2.75) is 4.90 Å². The van der Waals surface area contributed by atoms with Crippen molar-refractivity contribution >= 4 is 21.2 Å². The number of anilines is 2. The van der Waals surface area contributed by atoms with Gasteiger partial charge in [0.1, 0.15) is 4.90 Å². The second-order valence-corrected chi connectivity index (χ2v) is 5.72. The Labute approximate surface area is 98.8 Å². The van der Waals surface area contributed by atoms with E-state index in [1.54, 1.807) is 18.2 Å². The number of hydrogen-bond acceptors (Lipinski definition) is 5. The molecular weight excluding hydrogens is 240 g/mol. The fraction of sp³-hybridized carbons (Fsp3) is 0.100. The Morgan fingerprint density at radius 3 is 2.47 bits per heavy atom. The summed E-state index contributed by atoms with van der Waals surface area (Å²) in [6, 6.07) is 4.99. The summed E-state index contributed by atoms with van der Waals surface area (Å²) in [4.78, 5) is 0.160. The largest absolute Gasteiger partial charge is 0.397 e. The second-order valence-electron chi connectivity index (χ2n) is 3.71. The first-order chi connectivity index (χ1) is 7.88. The minimum Gasteiger partial charge on any atom is -0.397 e. The summed E-state index contributed by atoms with van der Waals surface area (Å²) in [6.07, 6.45) is 3.86. The van der Waals surface area contributed by atoms with E-state index in [9.17, 15) is 8.42 Å². The van der Waals surface area contributed by atoms with Gasteiger partial charge in [0, 0.05) is 12.5 Å². The Morgan fingerprint density at radius 1 is 1.24 bits per heavy atom. The van der Waals surface area contributed by atoms with Crippen molar-refractivity contribution < 1.29 is 8.42 Å². The molecule has 0 aliphatic heterocycles. The van der Waals surface area contributed by atoms with Crippen LogP contribution in [0.3, 0.4) is 0 Å². The first-order valence-corrected chi connectivity index (χ1v) is 6.67. The molecule has 1 aromatic carbocycles. The zero-order chi connectivity index (χ0) is 12.6. The van der Waals surface area contributed by atoms with Crippen molar-refractivity contribution in [3.05, 3.63) is 30.6 Å². The summed E-state index contributed by atoms with van der Waals surface area (Å²) in [5.41, 5.74) is 12.8. The van der Waals surface area contributed by atoms with Crippen molar-refractivity contribution in [2.75, 3.05) is 17.7 Å². The van der Waals surface area contributed by atoms with Gasteiger partial charge < -0.3 is 11.5 Å². The van der Waals surface area contributed by atoms with Gasteiger partial charge in [0.2, 0.25) is 0 Å². The van der Waals surface area contributed by atoms with Crippen molar-refractivity contribution in [1.29, 1.82) is 0 Å². The van der Waals surface area contributed by atoms with Crippen LogP contribution >= 0.6 is 0 Å². The summed E-state index contributed by atoms with van der Waals surface area (Å²) in [6.45, 7) is 0. The Kier molecular flexibility index (Phi) is 2.55. The van der Waals surface area contributed by atoms with Gasteiger partial charge in [-0.25, -0.2) is 13.1 Å². The van der Waals surface area contributed by atoms with Gasteiger partial charge in [-0.3, -0.25) is 0 Å². The first kappa shape index (κ1) is 11.5. The fourth-order valence-corrected chi connectivity index (χ4v) is 1.87.